The van der Waals surface area contributed by atoms with E-state index in [9.17, 15) is 13.9 Å². The molecule has 0 spiro atoms. The van der Waals surface area contributed by atoms with E-state index in [2.05, 4.69) is 0 Å². The van der Waals surface area contributed by atoms with E-state index >= 15 is 0 Å². The Morgan fingerprint density at radius 3 is 2.12 bits per heavy atom. The summed E-state index contributed by atoms with van der Waals surface area (Å²) in [5, 5.41) is 18.5. The Labute approximate surface area is 96.1 Å². The van der Waals surface area contributed by atoms with Crippen LogP contribution in [0.4, 0.5) is 8.78 Å². The summed E-state index contributed by atoms with van der Waals surface area (Å²) in [4.78, 5) is 1.47. The zero-order valence-electron chi connectivity index (χ0n) is 10.3. The van der Waals surface area contributed by atoms with E-state index in [1.807, 2.05) is 20.8 Å². The van der Waals surface area contributed by atoms with Crippen LogP contribution in [0.1, 0.15) is 27.2 Å². The number of aliphatic hydroxyl groups is 2. The fourth-order valence-corrected chi connectivity index (χ4v) is 1.37. The minimum atomic E-state index is -2.40. The van der Waals surface area contributed by atoms with Crippen LogP contribution in [-0.4, -0.2) is 53.9 Å². The highest BCUT2D eigenvalue weighted by atomic mass is 19.3. The SMILES string of the molecule is CC(C)(C)C(O)CCN(CCO)CC(F)F. The third-order valence-corrected chi connectivity index (χ3v) is 2.53. The molecule has 3 nitrogen and oxygen atoms in total. The van der Waals surface area contributed by atoms with Crippen molar-refractivity contribution in [3.63, 3.8) is 0 Å². The van der Waals surface area contributed by atoms with Crippen molar-refractivity contribution in [3.05, 3.63) is 0 Å². The first kappa shape index (κ1) is 15.7. The van der Waals surface area contributed by atoms with Gasteiger partial charge >= 0.3 is 0 Å². The smallest absolute Gasteiger partial charge is 0.251 e. The molecule has 0 aromatic carbocycles. The molecule has 0 bridgehead atoms. The molecule has 0 saturated carbocycles. The molecule has 0 radical (unpaired) electrons. The lowest BCUT2D eigenvalue weighted by Crippen LogP contribution is -2.36. The number of alkyl halides is 2. The van der Waals surface area contributed by atoms with E-state index in [0.717, 1.165) is 0 Å². The van der Waals surface area contributed by atoms with Gasteiger partial charge in [-0.1, -0.05) is 20.8 Å². The second-order valence-electron chi connectivity index (χ2n) is 5.09. The molecule has 0 saturated heterocycles. The van der Waals surface area contributed by atoms with E-state index in [4.69, 9.17) is 5.11 Å². The lowest BCUT2D eigenvalue weighted by Gasteiger charge is -2.28. The maximum atomic E-state index is 12.2. The molecule has 1 unspecified atom stereocenters. The van der Waals surface area contributed by atoms with E-state index in [-0.39, 0.29) is 25.1 Å². The van der Waals surface area contributed by atoms with Crippen LogP contribution in [0.15, 0.2) is 0 Å². The van der Waals surface area contributed by atoms with Gasteiger partial charge in [0, 0.05) is 13.1 Å². The van der Waals surface area contributed by atoms with Crippen molar-refractivity contribution in [2.75, 3.05) is 26.2 Å². The minimum absolute atomic E-state index is 0.141. The molecule has 98 valence electrons. The Kier molecular flexibility index (Phi) is 7.03. The minimum Gasteiger partial charge on any atom is -0.395 e. The summed E-state index contributed by atoms with van der Waals surface area (Å²) in [6.45, 7) is 5.82. The molecule has 0 rings (SSSR count). The highest BCUT2D eigenvalue weighted by molar-refractivity contribution is 4.74. The van der Waals surface area contributed by atoms with Gasteiger partial charge in [-0.2, -0.15) is 0 Å². The molecule has 0 aromatic heterocycles. The van der Waals surface area contributed by atoms with Crippen LogP contribution < -0.4 is 0 Å². The van der Waals surface area contributed by atoms with Crippen molar-refractivity contribution in [3.8, 4) is 0 Å². The van der Waals surface area contributed by atoms with Gasteiger partial charge in [0.2, 0.25) is 0 Å². The van der Waals surface area contributed by atoms with Gasteiger partial charge in [0.25, 0.3) is 6.43 Å². The second kappa shape index (κ2) is 7.14. The van der Waals surface area contributed by atoms with Crippen molar-refractivity contribution in [1.29, 1.82) is 0 Å². The third-order valence-electron chi connectivity index (χ3n) is 2.53. The van der Waals surface area contributed by atoms with Crippen LogP contribution in [0.3, 0.4) is 0 Å². The topological polar surface area (TPSA) is 43.7 Å². The number of hydrogen-bond donors (Lipinski definition) is 2. The average Bonchev–Trinajstić information content (AvgIpc) is 2.11. The number of hydrogen-bond acceptors (Lipinski definition) is 3. The second-order valence-corrected chi connectivity index (χ2v) is 5.09. The first-order chi connectivity index (χ1) is 7.27. The molecule has 0 fully saturated rings. The lowest BCUT2D eigenvalue weighted by atomic mass is 9.87. The van der Waals surface area contributed by atoms with Crippen LogP contribution in [0.2, 0.25) is 0 Å². The summed E-state index contributed by atoms with van der Waals surface area (Å²) in [5.74, 6) is 0. The van der Waals surface area contributed by atoms with Crippen molar-refractivity contribution in [1.82, 2.24) is 4.90 Å². The molecule has 0 aliphatic carbocycles. The summed E-state index contributed by atoms with van der Waals surface area (Å²) < 4.78 is 24.4. The van der Waals surface area contributed by atoms with Gasteiger partial charge in [-0.3, -0.25) is 4.90 Å². The first-order valence-corrected chi connectivity index (χ1v) is 5.56. The fraction of sp³-hybridized carbons (Fsp3) is 1.00. The average molecular weight is 239 g/mol. The first-order valence-electron chi connectivity index (χ1n) is 5.56. The Bertz CT molecular complexity index is 183. The molecule has 2 N–H and O–H groups in total. The van der Waals surface area contributed by atoms with Gasteiger partial charge in [-0.25, -0.2) is 8.78 Å². The summed E-state index contributed by atoms with van der Waals surface area (Å²) in [6, 6.07) is 0. The molecule has 0 heterocycles. The van der Waals surface area contributed by atoms with Crippen molar-refractivity contribution < 1.29 is 19.0 Å². The van der Waals surface area contributed by atoms with Gasteiger partial charge in [0.1, 0.15) is 0 Å². The van der Waals surface area contributed by atoms with Crippen LogP contribution in [0, 0.1) is 5.41 Å². The van der Waals surface area contributed by atoms with E-state index in [1.54, 1.807) is 0 Å². The zero-order chi connectivity index (χ0) is 12.8. The highest BCUT2D eigenvalue weighted by Gasteiger charge is 2.23. The summed E-state index contributed by atoms with van der Waals surface area (Å²) in [6.07, 6.45) is -2.49. The molecular formula is C11H23F2NO2. The van der Waals surface area contributed by atoms with E-state index in [1.165, 1.54) is 4.90 Å². The molecule has 16 heavy (non-hydrogen) atoms. The zero-order valence-corrected chi connectivity index (χ0v) is 10.3. The maximum absolute atomic E-state index is 12.2. The molecule has 0 aliphatic rings. The lowest BCUT2D eigenvalue weighted by molar-refractivity contribution is 0.0307. The number of rotatable bonds is 7. The van der Waals surface area contributed by atoms with Gasteiger partial charge in [0.15, 0.2) is 0 Å². The van der Waals surface area contributed by atoms with Gasteiger partial charge in [-0.05, 0) is 11.8 Å². The van der Waals surface area contributed by atoms with Gasteiger partial charge in [-0.15, -0.1) is 0 Å². The van der Waals surface area contributed by atoms with Crippen molar-refractivity contribution in [2.45, 2.75) is 39.7 Å². The molecule has 0 aromatic rings. The normalized spacial score (nSPS) is 14.8. The van der Waals surface area contributed by atoms with Gasteiger partial charge < -0.3 is 10.2 Å². The highest BCUT2D eigenvalue weighted by Crippen LogP contribution is 2.21. The monoisotopic (exact) mass is 239 g/mol. The third kappa shape index (κ3) is 7.09. The molecule has 1 atom stereocenters. The largest absolute Gasteiger partial charge is 0.395 e. The molecule has 5 heteroatoms. The van der Waals surface area contributed by atoms with Crippen LogP contribution >= 0.6 is 0 Å². The predicted octanol–water partition coefficient (Wildman–Crippen LogP) is 1.34. The number of nitrogens with zero attached hydrogens (tertiary/aromatic N) is 1. The molecule has 0 aliphatic heterocycles. The fourth-order valence-electron chi connectivity index (χ4n) is 1.37. The van der Waals surface area contributed by atoms with E-state index in [0.29, 0.717) is 13.0 Å². The molecule has 0 amide bonds. The standard InChI is InChI=1S/C11H23F2NO2/c1-11(2,3)9(16)4-5-14(6-7-15)8-10(12)13/h9-10,15-16H,4-8H2,1-3H3. The quantitative estimate of drug-likeness (QED) is 0.704. The Morgan fingerprint density at radius 2 is 1.75 bits per heavy atom. The van der Waals surface area contributed by atoms with Crippen molar-refractivity contribution >= 4 is 0 Å². The summed E-state index contributed by atoms with van der Waals surface area (Å²) in [5.41, 5.74) is -0.240. The number of aliphatic hydroxyl groups excluding tert-OH is 2. The summed E-state index contributed by atoms with van der Waals surface area (Å²) >= 11 is 0. The van der Waals surface area contributed by atoms with Crippen molar-refractivity contribution in [2.24, 2.45) is 5.41 Å². The summed E-state index contributed by atoms with van der Waals surface area (Å²) in [7, 11) is 0. The molecular weight excluding hydrogens is 216 g/mol. The van der Waals surface area contributed by atoms with E-state index < -0.39 is 12.5 Å². The van der Waals surface area contributed by atoms with Crippen LogP contribution in [-0.2, 0) is 0 Å². The Balaban J connectivity index is 4.01. The van der Waals surface area contributed by atoms with Gasteiger partial charge in [0.05, 0.1) is 19.3 Å². The van der Waals surface area contributed by atoms with Crippen LogP contribution in [0.5, 0.6) is 0 Å². The number of halogens is 2. The Hall–Kier alpha value is -0.260. The van der Waals surface area contributed by atoms with Crippen LogP contribution in [0.25, 0.3) is 0 Å². The predicted molar refractivity (Wildman–Crippen MR) is 59.6 cm³/mol. The maximum Gasteiger partial charge on any atom is 0.251 e. The Morgan fingerprint density at radius 1 is 1.19 bits per heavy atom.